The molecule has 8 heteroatoms. The van der Waals surface area contributed by atoms with Gasteiger partial charge in [-0.1, -0.05) is 40.6 Å². The summed E-state index contributed by atoms with van der Waals surface area (Å²) in [6.07, 6.45) is 0. The molecule has 0 saturated carbocycles. The Balaban J connectivity index is 2.07. The van der Waals surface area contributed by atoms with Crippen LogP contribution >= 0.6 is 0 Å². The van der Waals surface area contributed by atoms with Gasteiger partial charge in [0.2, 0.25) is 0 Å². The van der Waals surface area contributed by atoms with Crippen LogP contribution in [0.4, 0.5) is 4.39 Å². The maximum Gasteiger partial charge on any atom is 0.357 e. The minimum atomic E-state index is -4.46. The zero-order valence-electron chi connectivity index (χ0n) is 15.1. The third-order valence-corrected chi connectivity index (χ3v) is 5.71. The molecule has 1 aromatic heterocycles. The Morgan fingerprint density at radius 3 is 2.03 bits per heavy atom. The molecule has 146 valence electrons. The quantitative estimate of drug-likeness (QED) is 0.518. The summed E-state index contributed by atoms with van der Waals surface area (Å²) in [5, 5.41) is 0.449. The first-order chi connectivity index (χ1) is 13.8. The van der Waals surface area contributed by atoms with Crippen molar-refractivity contribution in [2.24, 2.45) is 0 Å². The molecule has 0 radical (unpaired) electrons. The maximum atomic E-state index is 13.8. The summed E-state index contributed by atoms with van der Waals surface area (Å²) in [6, 6.07) is 15.3. The van der Waals surface area contributed by atoms with Crippen LogP contribution in [0.15, 0.2) is 81.2 Å². The van der Waals surface area contributed by atoms with Crippen molar-refractivity contribution in [3.8, 4) is 0 Å². The Labute approximate surface area is 164 Å². The van der Waals surface area contributed by atoms with Crippen molar-refractivity contribution < 1.29 is 17.1 Å². The highest BCUT2D eigenvalue weighted by Gasteiger charge is 2.21. The zero-order chi connectivity index (χ0) is 20.8. The number of hydrogen-bond donors (Lipinski definition) is 0. The van der Waals surface area contributed by atoms with E-state index in [0.29, 0.717) is 5.39 Å². The lowest BCUT2D eigenvalue weighted by molar-refractivity contribution is 0.261. The average Bonchev–Trinajstić information content (AvgIpc) is 2.78. The lowest BCUT2D eigenvalue weighted by atomic mass is 10.1. The zero-order valence-corrected chi connectivity index (χ0v) is 15.9. The van der Waals surface area contributed by atoms with Gasteiger partial charge in [-0.25, -0.2) is 4.39 Å². The normalized spacial score (nSPS) is 11.7. The molecule has 0 amide bonds. The molecule has 3 aromatic carbocycles. The first-order valence-corrected chi connectivity index (χ1v) is 9.98. The van der Waals surface area contributed by atoms with E-state index in [1.807, 2.05) is 0 Å². The van der Waals surface area contributed by atoms with Gasteiger partial charge in [0.05, 0.1) is 10.8 Å². The Kier molecular flexibility index (Phi) is 4.43. The number of aryl methyl sites for hydroxylation is 1. The third kappa shape index (κ3) is 3.27. The number of nitrogens with zero attached hydrogens (tertiary/aromatic N) is 1. The molecule has 0 aliphatic carbocycles. The number of benzene rings is 3. The van der Waals surface area contributed by atoms with Gasteiger partial charge < -0.3 is 0 Å². The van der Waals surface area contributed by atoms with Gasteiger partial charge in [0.15, 0.2) is 0 Å². The van der Waals surface area contributed by atoms with Crippen molar-refractivity contribution in [1.82, 2.24) is 4.73 Å². The van der Waals surface area contributed by atoms with Gasteiger partial charge >= 0.3 is 10.1 Å². The van der Waals surface area contributed by atoms with Gasteiger partial charge in [0, 0.05) is 0 Å². The van der Waals surface area contributed by atoms with Gasteiger partial charge in [-0.2, -0.15) is 8.42 Å². The van der Waals surface area contributed by atoms with Crippen LogP contribution in [-0.2, 0) is 10.1 Å². The first-order valence-electron chi connectivity index (χ1n) is 8.57. The van der Waals surface area contributed by atoms with Gasteiger partial charge in [0.25, 0.3) is 11.1 Å². The molecule has 0 spiro atoms. The van der Waals surface area contributed by atoms with Gasteiger partial charge in [-0.05, 0) is 54.1 Å². The first kappa shape index (κ1) is 18.8. The number of halogens is 1. The summed E-state index contributed by atoms with van der Waals surface area (Å²) < 4.78 is 44.3. The Hall–Kier alpha value is -3.52. The molecular weight excluding hydrogens is 397 g/mol. The second-order valence-electron chi connectivity index (χ2n) is 6.48. The molecule has 6 nitrogen and oxygen atoms in total. The van der Waals surface area contributed by atoms with E-state index in [4.69, 9.17) is 4.28 Å². The molecule has 4 aromatic rings. The van der Waals surface area contributed by atoms with Crippen LogP contribution in [0.1, 0.15) is 5.56 Å². The predicted molar refractivity (Wildman–Crippen MR) is 107 cm³/mol. The molecule has 0 bridgehead atoms. The monoisotopic (exact) mass is 411 g/mol. The smallest absolute Gasteiger partial charge is 0.277 e. The van der Waals surface area contributed by atoms with Crippen LogP contribution in [0.3, 0.4) is 0 Å². The highest BCUT2D eigenvalue weighted by atomic mass is 32.2. The van der Waals surface area contributed by atoms with E-state index in [0.717, 1.165) is 17.7 Å². The largest absolute Gasteiger partial charge is 0.357 e. The molecular formula is C21H14FNO5S. The topological polar surface area (TPSA) is 82.4 Å². The number of fused-ring (bicyclic) bond motifs is 3. The van der Waals surface area contributed by atoms with Gasteiger partial charge in [-0.15, -0.1) is 0 Å². The van der Waals surface area contributed by atoms with E-state index in [1.165, 1.54) is 24.3 Å². The minimum Gasteiger partial charge on any atom is -0.277 e. The second-order valence-corrected chi connectivity index (χ2v) is 8.01. The summed E-state index contributed by atoms with van der Waals surface area (Å²) in [7, 11) is -4.46. The SMILES string of the molecule is Cc1ccc(S(=O)(=O)On2c(=O)c3ccccc3c3cc(F)ccc3c2=O)cc1. The molecule has 1 heterocycles. The van der Waals surface area contributed by atoms with Crippen molar-refractivity contribution >= 4 is 31.7 Å². The standard InChI is InChI=1S/C21H14FNO5S/c1-13-6-9-15(10-7-13)29(26,27)28-23-20(24)17-5-3-2-4-16(17)19-12-14(22)8-11-18(19)21(23)25/h2-12H,1H3. The molecule has 0 N–H and O–H groups in total. The third-order valence-electron chi connectivity index (χ3n) is 4.51. The Morgan fingerprint density at radius 2 is 1.38 bits per heavy atom. The fraction of sp³-hybridized carbons (Fsp3) is 0.0476. The highest BCUT2D eigenvalue weighted by Crippen LogP contribution is 2.20. The lowest BCUT2D eigenvalue weighted by Crippen LogP contribution is -2.38. The van der Waals surface area contributed by atoms with Crippen LogP contribution in [0.2, 0.25) is 0 Å². The molecule has 0 atom stereocenters. The molecule has 0 aliphatic heterocycles. The van der Waals surface area contributed by atoms with E-state index in [-0.39, 0.29) is 25.8 Å². The maximum absolute atomic E-state index is 13.8. The highest BCUT2D eigenvalue weighted by molar-refractivity contribution is 7.87. The molecule has 0 saturated heterocycles. The number of rotatable bonds is 3. The summed E-state index contributed by atoms with van der Waals surface area (Å²) in [5.41, 5.74) is -1.13. The summed E-state index contributed by atoms with van der Waals surface area (Å²) in [4.78, 5) is 25.8. The summed E-state index contributed by atoms with van der Waals surface area (Å²) in [6.45, 7) is 1.78. The molecule has 29 heavy (non-hydrogen) atoms. The van der Waals surface area contributed by atoms with Crippen LogP contribution in [0, 0.1) is 12.7 Å². The Bertz CT molecular complexity index is 1490. The van der Waals surface area contributed by atoms with E-state index in [1.54, 1.807) is 37.3 Å². The van der Waals surface area contributed by atoms with E-state index >= 15 is 0 Å². The molecule has 4 rings (SSSR count). The van der Waals surface area contributed by atoms with Crippen LogP contribution in [0.5, 0.6) is 0 Å². The van der Waals surface area contributed by atoms with Crippen molar-refractivity contribution in [1.29, 1.82) is 0 Å². The number of aromatic nitrogens is 1. The van der Waals surface area contributed by atoms with Crippen LogP contribution in [0.25, 0.3) is 21.5 Å². The van der Waals surface area contributed by atoms with Gasteiger partial charge in [0.1, 0.15) is 10.7 Å². The van der Waals surface area contributed by atoms with E-state index in [2.05, 4.69) is 0 Å². The second kappa shape index (κ2) is 6.82. The van der Waals surface area contributed by atoms with Gasteiger partial charge in [-0.3, -0.25) is 13.9 Å². The fourth-order valence-corrected chi connectivity index (χ4v) is 3.94. The lowest BCUT2D eigenvalue weighted by Gasteiger charge is -2.06. The van der Waals surface area contributed by atoms with E-state index in [9.17, 15) is 22.4 Å². The molecule has 0 fully saturated rings. The average molecular weight is 411 g/mol. The van der Waals surface area contributed by atoms with E-state index < -0.39 is 27.1 Å². The fourth-order valence-electron chi connectivity index (χ4n) is 3.06. The van der Waals surface area contributed by atoms with Crippen LogP contribution < -0.4 is 15.4 Å². The van der Waals surface area contributed by atoms with Crippen molar-refractivity contribution in [3.63, 3.8) is 0 Å². The Morgan fingerprint density at radius 1 is 0.793 bits per heavy atom. The summed E-state index contributed by atoms with van der Waals surface area (Å²) in [5.74, 6) is -0.597. The van der Waals surface area contributed by atoms with Crippen molar-refractivity contribution in [2.45, 2.75) is 11.8 Å². The van der Waals surface area contributed by atoms with Crippen LogP contribution in [-0.4, -0.2) is 13.1 Å². The summed E-state index contributed by atoms with van der Waals surface area (Å²) >= 11 is 0. The minimum absolute atomic E-state index is 0.0179. The number of hydrogen-bond acceptors (Lipinski definition) is 5. The van der Waals surface area contributed by atoms with Crippen molar-refractivity contribution in [3.05, 3.63) is 98.8 Å². The predicted octanol–water partition coefficient (Wildman–Crippen LogP) is 2.78. The molecule has 0 unspecified atom stereocenters. The van der Waals surface area contributed by atoms with Crippen molar-refractivity contribution in [2.75, 3.05) is 0 Å². The molecule has 0 aliphatic rings.